The third-order valence-corrected chi connectivity index (χ3v) is 6.81. The van der Waals surface area contributed by atoms with Gasteiger partial charge < -0.3 is 16.8 Å². The van der Waals surface area contributed by atoms with E-state index >= 15 is 0 Å². The zero-order chi connectivity index (χ0) is 22.2. The zero-order valence-electron chi connectivity index (χ0n) is 17.2. The van der Waals surface area contributed by atoms with E-state index in [0.717, 1.165) is 36.8 Å². The third-order valence-electron chi connectivity index (χ3n) is 5.70. The van der Waals surface area contributed by atoms with Gasteiger partial charge in [0.1, 0.15) is 10.6 Å². The minimum absolute atomic E-state index is 0.145. The maximum Gasteiger partial charge on any atom is 0.267 e. The van der Waals surface area contributed by atoms with Gasteiger partial charge in [-0.25, -0.2) is 8.42 Å². The van der Waals surface area contributed by atoms with Crippen LogP contribution in [0.25, 0.3) is 22.0 Å². The lowest BCUT2D eigenvalue weighted by Gasteiger charge is -2.28. The number of sulfone groups is 1. The molecule has 0 spiro atoms. The molecular weight excluding hydrogens is 414 g/mol. The molecule has 0 unspecified atom stereocenters. The maximum absolute atomic E-state index is 12.5. The summed E-state index contributed by atoms with van der Waals surface area (Å²) in [4.78, 5) is 19.9. The van der Waals surface area contributed by atoms with Gasteiger partial charge in [-0.2, -0.15) is 0 Å². The van der Waals surface area contributed by atoms with Crippen LogP contribution in [0.2, 0.25) is 0 Å². The number of anilines is 1. The second-order valence-corrected chi connectivity index (χ2v) is 10.0. The van der Waals surface area contributed by atoms with Crippen LogP contribution in [0.1, 0.15) is 36.2 Å². The summed E-state index contributed by atoms with van der Waals surface area (Å²) in [7, 11) is -3.49. The summed E-state index contributed by atoms with van der Waals surface area (Å²) in [5, 5.41) is 4.19. The highest BCUT2D eigenvalue weighted by molar-refractivity contribution is 7.90. The number of amides is 1. The first-order valence-electron chi connectivity index (χ1n) is 10.1. The van der Waals surface area contributed by atoms with Crippen molar-refractivity contribution in [3.63, 3.8) is 0 Å². The lowest BCUT2D eigenvalue weighted by molar-refractivity contribution is 0.0995. The highest BCUT2D eigenvalue weighted by atomic mass is 32.2. The number of rotatable bonds is 5. The molecule has 3 aromatic rings. The van der Waals surface area contributed by atoms with Gasteiger partial charge >= 0.3 is 0 Å². The Labute approximate surface area is 181 Å². The number of nitrogens with two attached hydrogens (primary N) is 2. The highest BCUT2D eigenvalue weighted by Crippen LogP contribution is 2.34. The van der Waals surface area contributed by atoms with E-state index in [1.54, 1.807) is 18.3 Å². The Morgan fingerprint density at radius 1 is 1.03 bits per heavy atom. The van der Waals surface area contributed by atoms with E-state index in [9.17, 15) is 13.2 Å². The van der Waals surface area contributed by atoms with Gasteiger partial charge in [0.2, 0.25) is 0 Å². The van der Waals surface area contributed by atoms with Gasteiger partial charge in [0, 0.05) is 41.7 Å². The maximum atomic E-state index is 12.5. The number of primary amides is 1. The Balaban J connectivity index is 1.81. The van der Waals surface area contributed by atoms with Gasteiger partial charge in [-0.1, -0.05) is 12.1 Å². The normalized spacial score (nSPS) is 19.3. The van der Waals surface area contributed by atoms with E-state index in [4.69, 9.17) is 11.5 Å². The number of nitrogens with one attached hydrogen (secondary N) is 1. The third kappa shape index (κ3) is 4.52. The van der Waals surface area contributed by atoms with Crippen LogP contribution in [0.3, 0.4) is 0 Å². The Hall–Kier alpha value is -3.04. The molecule has 0 radical (unpaired) electrons. The van der Waals surface area contributed by atoms with Crippen molar-refractivity contribution in [2.24, 2.45) is 11.5 Å². The molecule has 0 aliphatic heterocycles. The van der Waals surface area contributed by atoms with Crippen LogP contribution in [0.4, 0.5) is 5.69 Å². The Morgan fingerprint density at radius 2 is 1.74 bits per heavy atom. The molecule has 1 aliphatic rings. The Bertz CT molecular complexity index is 1230. The summed E-state index contributed by atoms with van der Waals surface area (Å²) >= 11 is 0. The molecule has 0 saturated heterocycles. The highest BCUT2D eigenvalue weighted by Gasteiger charge is 2.23. The number of pyridine rings is 2. The second-order valence-electron chi connectivity index (χ2n) is 8.05. The van der Waals surface area contributed by atoms with Crippen LogP contribution in [0, 0.1) is 0 Å². The summed E-state index contributed by atoms with van der Waals surface area (Å²) in [5.41, 5.74) is 14.3. The van der Waals surface area contributed by atoms with Crippen molar-refractivity contribution >= 4 is 32.3 Å². The van der Waals surface area contributed by atoms with Crippen molar-refractivity contribution in [2.45, 2.75) is 42.7 Å². The van der Waals surface area contributed by atoms with E-state index in [1.807, 2.05) is 18.2 Å². The number of carbonyl (C=O) groups excluding carboxylic acids is 1. The predicted molar refractivity (Wildman–Crippen MR) is 120 cm³/mol. The SMILES string of the molecule is CS(=O)(=O)c1cnc2ccc(-c3ccc(C(N)=O)nc3)cc2c1N[C@H]1CC[C@H](N)CC1. The van der Waals surface area contributed by atoms with Gasteiger partial charge in [-0.3, -0.25) is 14.8 Å². The number of hydrogen-bond acceptors (Lipinski definition) is 7. The fourth-order valence-corrected chi connectivity index (χ4v) is 4.75. The molecule has 1 fully saturated rings. The van der Waals surface area contributed by atoms with Crippen molar-refractivity contribution in [1.82, 2.24) is 9.97 Å². The number of fused-ring (bicyclic) bond motifs is 1. The fourth-order valence-electron chi connectivity index (χ4n) is 3.96. The molecule has 162 valence electrons. The minimum atomic E-state index is -3.49. The fraction of sp³-hybridized carbons (Fsp3) is 0.318. The van der Waals surface area contributed by atoms with Gasteiger partial charge in [-0.15, -0.1) is 0 Å². The second kappa shape index (κ2) is 8.24. The van der Waals surface area contributed by atoms with Crippen LogP contribution in [-0.2, 0) is 9.84 Å². The van der Waals surface area contributed by atoms with Gasteiger partial charge in [0.15, 0.2) is 9.84 Å². The molecule has 1 saturated carbocycles. The van der Waals surface area contributed by atoms with Crippen molar-refractivity contribution in [2.75, 3.05) is 11.6 Å². The first-order valence-corrected chi connectivity index (χ1v) is 12.0. The van der Waals surface area contributed by atoms with Crippen molar-refractivity contribution in [1.29, 1.82) is 0 Å². The lowest BCUT2D eigenvalue weighted by Crippen LogP contribution is -2.33. The minimum Gasteiger partial charge on any atom is -0.381 e. The quantitative estimate of drug-likeness (QED) is 0.554. The molecule has 1 aromatic carbocycles. The van der Waals surface area contributed by atoms with Crippen LogP contribution in [0.15, 0.2) is 47.6 Å². The first kappa shape index (κ1) is 21.2. The average Bonchev–Trinajstić information content (AvgIpc) is 2.74. The predicted octanol–water partition coefficient (Wildman–Crippen LogP) is 2.48. The number of nitrogens with zero attached hydrogens (tertiary/aromatic N) is 2. The van der Waals surface area contributed by atoms with Crippen molar-refractivity contribution in [3.05, 3.63) is 48.4 Å². The zero-order valence-corrected chi connectivity index (χ0v) is 18.0. The van der Waals surface area contributed by atoms with E-state index in [-0.39, 0.29) is 22.7 Å². The molecule has 1 aliphatic carbocycles. The average molecular weight is 440 g/mol. The molecule has 0 atom stereocenters. The first-order chi connectivity index (χ1) is 14.7. The largest absolute Gasteiger partial charge is 0.381 e. The van der Waals surface area contributed by atoms with Crippen molar-refractivity contribution < 1.29 is 13.2 Å². The molecule has 5 N–H and O–H groups in total. The van der Waals surface area contributed by atoms with Gasteiger partial charge in [0.05, 0.1) is 11.2 Å². The molecule has 9 heteroatoms. The smallest absolute Gasteiger partial charge is 0.267 e. The number of aromatic nitrogens is 2. The molecule has 8 nitrogen and oxygen atoms in total. The number of hydrogen-bond donors (Lipinski definition) is 3. The van der Waals surface area contributed by atoms with E-state index < -0.39 is 15.7 Å². The molecule has 0 bridgehead atoms. The summed E-state index contributed by atoms with van der Waals surface area (Å²) in [5.74, 6) is -0.592. The lowest BCUT2D eigenvalue weighted by atomic mass is 9.91. The van der Waals surface area contributed by atoms with Crippen LogP contribution in [0.5, 0.6) is 0 Å². The summed E-state index contributed by atoms with van der Waals surface area (Å²) in [6, 6.07) is 9.31. The van der Waals surface area contributed by atoms with Gasteiger partial charge in [0.25, 0.3) is 5.91 Å². The van der Waals surface area contributed by atoms with Crippen LogP contribution in [-0.4, -0.2) is 42.6 Å². The van der Waals surface area contributed by atoms with E-state index in [0.29, 0.717) is 16.6 Å². The van der Waals surface area contributed by atoms with Crippen molar-refractivity contribution in [3.8, 4) is 11.1 Å². The summed E-state index contributed by atoms with van der Waals surface area (Å²) in [6.45, 7) is 0. The summed E-state index contributed by atoms with van der Waals surface area (Å²) < 4.78 is 25.0. The molecule has 2 aromatic heterocycles. The standard InChI is InChI=1S/C22H25N5O3S/c1-31(29,30)20-12-26-18-8-2-13(14-3-9-19(22(24)28)25-11-14)10-17(18)21(20)27-16-6-4-15(23)5-7-16/h2-3,8-12,15-16H,4-7,23H2,1H3,(H2,24,28)(H,26,27)/t15-,16-. The van der Waals surface area contributed by atoms with Gasteiger partial charge in [-0.05, 0) is 49.4 Å². The number of benzene rings is 1. The number of carbonyl (C=O) groups is 1. The monoisotopic (exact) mass is 439 g/mol. The molecule has 1 amide bonds. The topological polar surface area (TPSA) is 141 Å². The molecule has 4 rings (SSSR count). The summed E-state index contributed by atoms with van der Waals surface area (Å²) in [6.07, 6.45) is 7.74. The van der Waals surface area contributed by atoms with Crippen LogP contribution < -0.4 is 16.8 Å². The van der Waals surface area contributed by atoms with Crippen LogP contribution >= 0.6 is 0 Å². The Kier molecular flexibility index (Phi) is 5.63. The molecular formula is C22H25N5O3S. The Morgan fingerprint density at radius 3 is 2.35 bits per heavy atom. The van der Waals surface area contributed by atoms with E-state index in [1.165, 1.54) is 12.5 Å². The molecule has 2 heterocycles. The van der Waals surface area contributed by atoms with E-state index in [2.05, 4.69) is 15.3 Å². The molecule has 31 heavy (non-hydrogen) atoms.